The van der Waals surface area contributed by atoms with Crippen LogP contribution >= 0.6 is 0 Å². The smallest absolute Gasteiger partial charge is 0.328 e. The van der Waals surface area contributed by atoms with Gasteiger partial charge in [0.25, 0.3) is 5.91 Å². The monoisotopic (exact) mass is 1120 g/mol. The number of guanidine groups is 2. The molecular formula is C55H84N12O13. The molecule has 0 spiro atoms. The van der Waals surface area contributed by atoms with E-state index in [2.05, 4.69) is 37.8 Å². The number of carbonyl (C=O) groups is 5. The number of ether oxygens (including phenoxy) is 4. The van der Waals surface area contributed by atoms with Crippen LogP contribution in [0.25, 0.3) is 21.9 Å². The molecule has 3 aromatic rings. The lowest BCUT2D eigenvalue weighted by Gasteiger charge is -2.24. The highest BCUT2D eigenvalue weighted by molar-refractivity contribution is 5.98. The number of phenolic OH excluding ortho intramolecular Hbond substituents is 1. The molecule has 25 heteroatoms. The van der Waals surface area contributed by atoms with Gasteiger partial charge in [-0.25, -0.2) is 9.59 Å². The van der Waals surface area contributed by atoms with E-state index >= 15 is 0 Å². The number of fused-ring (bicyclic) bond motifs is 2. The summed E-state index contributed by atoms with van der Waals surface area (Å²) in [7, 11) is 2.40. The Morgan fingerprint density at radius 1 is 0.637 bits per heavy atom. The van der Waals surface area contributed by atoms with Crippen molar-refractivity contribution in [3.8, 4) is 17.2 Å². The lowest BCUT2D eigenvalue weighted by Crippen LogP contribution is -2.52. The van der Waals surface area contributed by atoms with Crippen molar-refractivity contribution >= 4 is 63.5 Å². The molecule has 442 valence electrons. The maximum absolute atomic E-state index is 14.9. The summed E-state index contributed by atoms with van der Waals surface area (Å²) in [6, 6.07) is -1.26. The zero-order valence-corrected chi connectivity index (χ0v) is 47.0. The summed E-state index contributed by atoms with van der Waals surface area (Å²) in [4.78, 5) is 89.2. The van der Waals surface area contributed by atoms with Gasteiger partial charge in [0.15, 0.2) is 18.5 Å². The summed E-state index contributed by atoms with van der Waals surface area (Å²) >= 11 is 0. The number of unbranched alkanes of at least 4 members (excludes halogenated alkanes) is 2. The molecule has 0 bridgehead atoms. The summed E-state index contributed by atoms with van der Waals surface area (Å²) in [5.41, 5.74) is 35.3. The van der Waals surface area contributed by atoms with Gasteiger partial charge in [-0.2, -0.15) is 0 Å². The van der Waals surface area contributed by atoms with Gasteiger partial charge in [0.2, 0.25) is 17.2 Å². The van der Waals surface area contributed by atoms with Crippen LogP contribution < -0.4 is 70.6 Å². The lowest BCUT2D eigenvalue weighted by atomic mass is 9.95. The fourth-order valence-corrected chi connectivity index (χ4v) is 8.42. The Morgan fingerprint density at radius 2 is 1.09 bits per heavy atom. The summed E-state index contributed by atoms with van der Waals surface area (Å²) in [6.07, 6.45) is 7.57. The number of phenols is 1. The van der Waals surface area contributed by atoms with Crippen LogP contribution in [0, 0.1) is 0 Å². The predicted molar refractivity (Wildman–Crippen MR) is 306 cm³/mol. The average molecular weight is 1120 g/mol. The maximum atomic E-state index is 14.9. The van der Waals surface area contributed by atoms with Crippen LogP contribution in [0.4, 0.5) is 0 Å². The second kappa shape index (κ2) is 34.2. The topological polar surface area (TPSA) is 422 Å². The van der Waals surface area contributed by atoms with Gasteiger partial charge in [-0.1, -0.05) is 29.9 Å². The number of methoxy groups -OCH3 is 2. The van der Waals surface area contributed by atoms with Gasteiger partial charge in [-0.15, -0.1) is 0 Å². The molecule has 18 N–H and O–H groups in total. The molecule has 0 aliphatic rings. The Hall–Kier alpha value is -7.90. The van der Waals surface area contributed by atoms with Gasteiger partial charge in [0.05, 0.1) is 26.2 Å². The molecule has 0 unspecified atom stereocenters. The van der Waals surface area contributed by atoms with Crippen molar-refractivity contribution in [1.82, 2.24) is 21.3 Å². The third kappa shape index (κ3) is 21.0. The Morgan fingerprint density at radius 3 is 1.55 bits per heavy atom. The highest BCUT2D eigenvalue weighted by Crippen LogP contribution is 2.39. The molecule has 0 radical (unpaired) electrons. The zero-order chi connectivity index (χ0) is 59.5. The van der Waals surface area contributed by atoms with E-state index in [1.54, 1.807) is 0 Å². The lowest BCUT2D eigenvalue weighted by molar-refractivity contribution is -0.146. The summed E-state index contributed by atoms with van der Waals surface area (Å²) in [5, 5.41) is 34.1. The van der Waals surface area contributed by atoms with Crippen molar-refractivity contribution in [2.45, 2.75) is 136 Å². The number of esters is 2. The largest absolute Gasteiger partial charge is 0.507 e. The van der Waals surface area contributed by atoms with E-state index in [0.29, 0.717) is 63.6 Å². The molecule has 1 aromatic heterocycles. The van der Waals surface area contributed by atoms with Gasteiger partial charge >= 0.3 is 11.9 Å². The number of nitrogens with one attached hydrogen (secondary N) is 4. The van der Waals surface area contributed by atoms with Gasteiger partial charge in [-0.3, -0.25) is 29.2 Å². The Balaban J connectivity index is 2.08. The fourth-order valence-electron chi connectivity index (χ4n) is 8.42. The molecule has 0 saturated heterocycles. The minimum absolute atomic E-state index is 0.0115. The number of allylic oxidation sites excluding steroid dienone is 4. The zero-order valence-electron chi connectivity index (χ0n) is 47.0. The average Bonchev–Trinajstić information content (AvgIpc) is 3.40. The maximum Gasteiger partial charge on any atom is 0.328 e. The normalized spacial score (nSPS) is 12.4. The summed E-state index contributed by atoms with van der Waals surface area (Å²) in [6.45, 7) is 11.2. The first-order chi connectivity index (χ1) is 38.1. The van der Waals surface area contributed by atoms with Crippen molar-refractivity contribution in [3.05, 3.63) is 74.6 Å². The quantitative estimate of drug-likeness (QED) is 0.00981. The van der Waals surface area contributed by atoms with Gasteiger partial charge < -0.3 is 89.2 Å². The fraction of sp³-hybridized carbons (Fsp3) is 0.527. The van der Waals surface area contributed by atoms with E-state index in [4.69, 9.17) is 57.8 Å². The van der Waals surface area contributed by atoms with E-state index in [1.165, 1.54) is 26.4 Å². The van der Waals surface area contributed by atoms with E-state index < -0.39 is 78.2 Å². The molecule has 4 atom stereocenters. The molecule has 0 aliphatic heterocycles. The van der Waals surface area contributed by atoms with E-state index in [0.717, 1.165) is 11.1 Å². The van der Waals surface area contributed by atoms with Crippen molar-refractivity contribution in [2.24, 2.45) is 44.4 Å². The minimum atomic E-state index is -1.12. The number of amides is 3. The third-order valence-corrected chi connectivity index (χ3v) is 12.6. The number of hydrogen-bond donors (Lipinski definition) is 12. The number of nitrogens with two attached hydrogens (primary N) is 6. The van der Waals surface area contributed by atoms with Crippen LogP contribution in [-0.2, 0) is 52.9 Å². The number of aliphatic imine (C=N–C) groups is 2. The van der Waals surface area contributed by atoms with E-state index in [1.807, 2.05) is 39.8 Å². The third-order valence-electron chi connectivity index (χ3n) is 12.6. The van der Waals surface area contributed by atoms with Crippen molar-refractivity contribution < 1.29 is 57.6 Å². The first-order valence-electron chi connectivity index (χ1n) is 26.5. The SMILES string of the molecule is C=C(COc1cc2oc3cc(OCC(=O)N[C@@H](CCCCN)C(=O)N[C@@H](CCCN=C(N)N)C(=O)OC)c(CO)c(CC=C(C)C)c3c(=O)c2c(O)c1CC=C(C)C)N[C@@H](CCCCN)C(=O)N[C@@H](CCCN=C(N)N)C(=O)OC. The number of aromatic hydroxyl groups is 1. The number of carbonyl (C=O) groups excluding carboxylic acids is 5. The minimum Gasteiger partial charge on any atom is -0.507 e. The van der Waals surface area contributed by atoms with Gasteiger partial charge in [0, 0.05) is 42.0 Å². The predicted octanol–water partition coefficient (Wildman–Crippen LogP) is 1.56. The standard InChI is InChI=1S/C55H84N12O13/c1-31(2)18-20-34-36(28-68)42(79-30-45(69)65-38(15-9-11-23-57)51(73)67-40(53(75)77-7)17-13-25-63-55(60)61)27-43-46(34)49(71)47-44(80-43)26-41(35(48(47)70)21-19-32(3)4)78-29-33(5)64-37(14-8-10-22-56)50(72)66-39(52(74)76-6)16-12-24-62-54(58)59/h18-19,26-27,37-40,64,68,70H,5,8-17,20-25,28-30,56-57H2,1-4,6-7H3,(H,65,69)(H,66,72)(H,67,73)(H4,58,59,62)(H4,60,61,63)/t37-,38-,39-,40-/m0/s1. The number of rotatable bonds is 36. The molecule has 2 aromatic carbocycles. The van der Waals surface area contributed by atoms with Crippen LogP contribution in [0.15, 0.2) is 66.9 Å². The van der Waals surface area contributed by atoms with Crippen LogP contribution in [-0.4, -0.2) is 130 Å². The first-order valence-corrected chi connectivity index (χ1v) is 26.5. The Bertz CT molecular complexity index is 2790. The highest BCUT2D eigenvalue weighted by Gasteiger charge is 2.30. The summed E-state index contributed by atoms with van der Waals surface area (Å²) in [5.74, 6) is -3.80. The number of aliphatic hydroxyl groups excluding tert-OH is 1. The molecule has 0 saturated carbocycles. The number of benzene rings is 2. The molecule has 80 heavy (non-hydrogen) atoms. The number of hydrogen-bond acceptors (Lipinski definition) is 18. The molecule has 25 nitrogen and oxygen atoms in total. The van der Waals surface area contributed by atoms with Gasteiger partial charge in [0.1, 0.15) is 64.6 Å². The Kier molecular flexibility index (Phi) is 28.4. The van der Waals surface area contributed by atoms with Crippen LogP contribution in [0.5, 0.6) is 17.2 Å². The first kappa shape index (κ1) is 66.4. The van der Waals surface area contributed by atoms with Crippen molar-refractivity contribution in [3.63, 3.8) is 0 Å². The summed E-state index contributed by atoms with van der Waals surface area (Å²) < 4.78 is 28.7. The van der Waals surface area contributed by atoms with E-state index in [-0.39, 0.29) is 114 Å². The molecule has 3 amide bonds. The molecular weight excluding hydrogens is 1040 g/mol. The van der Waals surface area contributed by atoms with Crippen molar-refractivity contribution in [2.75, 3.05) is 53.6 Å². The molecule has 3 rings (SSSR count). The highest BCUT2D eigenvalue weighted by atomic mass is 16.5. The van der Waals surface area contributed by atoms with Crippen LogP contribution in [0.1, 0.15) is 109 Å². The van der Waals surface area contributed by atoms with Crippen LogP contribution in [0.3, 0.4) is 0 Å². The second-order valence-corrected chi connectivity index (χ2v) is 19.5. The second-order valence-electron chi connectivity index (χ2n) is 19.5. The number of aliphatic hydroxyl groups is 1. The number of nitrogens with zero attached hydrogens (tertiary/aromatic N) is 2. The van der Waals surface area contributed by atoms with Crippen molar-refractivity contribution in [1.29, 1.82) is 0 Å². The molecule has 1 heterocycles. The van der Waals surface area contributed by atoms with Crippen LogP contribution in [0.2, 0.25) is 0 Å². The van der Waals surface area contributed by atoms with Gasteiger partial charge in [-0.05, 0) is 123 Å². The van der Waals surface area contributed by atoms with E-state index in [9.17, 15) is 39.0 Å². The molecule has 0 fully saturated rings. The Labute approximate surface area is 466 Å². The molecule has 0 aliphatic carbocycles.